The van der Waals surface area contributed by atoms with Crippen LogP contribution in [0.5, 0.6) is 5.75 Å². The fraction of sp³-hybridized carbons (Fsp3) is 0.235. The number of primary amides is 1. The summed E-state index contributed by atoms with van der Waals surface area (Å²) in [6.07, 6.45) is 0. The Labute approximate surface area is 130 Å². The molecule has 0 aromatic heterocycles. The Bertz CT molecular complexity index is 585. The van der Waals surface area contributed by atoms with Gasteiger partial charge in [0.2, 0.25) is 5.91 Å². The van der Waals surface area contributed by atoms with Crippen LogP contribution in [0.15, 0.2) is 54.6 Å². The molecule has 5 heteroatoms. The monoisotopic (exact) mass is 300 g/mol. The highest BCUT2D eigenvalue weighted by Crippen LogP contribution is 2.11. The van der Waals surface area contributed by atoms with Crippen LogP contribution in [0.25, 0.3) is 0 Å². The van der Waals surface area contributed by atoms with Crippen LogP contribution in [0.2, 0.25) is 0 Å². The molecule has 0 fully saturated rings. The van der Waals surface area contributed by atoms with Crippen molar-refractivity contribution >= 4 is 5.91 Å². The lowest BCUT2D eigenvalue weighted by Crippen LogP contribution is -2.38. The first-order valence-corrected chi connectivity index (χ1v) is 7.10. The van der Waals surface area contributed by atoms with E-state index in [1.54, 1.807) is 6.92 Å². The first-order valence-electron chi connectivity index (χ1n) is 7.10. The van der Waals surface area contributed by atoms with Gasteiger partial charge in [0, 0.05) is 6.54 Å². The normalized spacial score (nSPS) is 11.9. The van der Waals surface area contributed by atoms with E-state index in [0.29, 0.717) is 18.9 Å². The van der Waals surface area contributed by atoms with Crippen LogP contribution >= 0.6 is 0 Å². The summed E-state index contributed by atoms with van der Waals surface area (Å²) >= 11 is 0. The summed E-state index contributed by atoms with van der Waals surface area (Å²) in [7, 11) is 0. The van der Waals surface area contributed by atoms with Gasteiger partial charge >= 0.3 is 0 Å². The van der Waals surface area contributed by atoms with Gasteiger partial charge in [-0.05, 0) is 30.2 Å². The molecular weight excluding hydrogens is 280 g/mol. The van der Waals surface area contributed by atoms with Crippen molar-refractivity contribution in [2.24, 2.45) is 5.73 Å². The Balaban J connectivity index is 1.76. The predicted molar refractivity (Wildman–Crippen MR) is 83.8 cm³/mol. The maximum atomic E-state index is 10.9. The summed E-state index contributed by atoms with van der Waals surface area (Å²) in [5, 5.41) is 3.05. The fourth-order valence-corrected chi connectivity index (χ4v) is 1.77. The van der Waals surface area contributed by atoms with Crippen LogP contribution in [-0.4, -0.2) is 11.9 Å². The minimum absolute atomic E-state index is 0.345. The topological polar surface area (TPSA) is 73.6 Å². The zero-order valence-electron chi connectivity index (χ0n) is 12.5. The van der Waals surface area contributed by atoms with E-state index in [9.17, 15) is 4.79 Å². The van der Waals surface area contributed by atoms with Crippen molar-refractivity contribution in [1.82, 2.24) is 5.32 Å². The van der Waals surface area contributed by atoms with Crippen LogP contribution in [0.1, 0.15) is 18.1 Å². The highest BCUT2D eigenvalue weighted by molar-refractivity contribution is 5.79. The number of amides is 1. The van der Waals surface area contributed by atoms with E-state index in [1.165, 1.54) is 0 Å². The van der Waals surface area contributed by atoms with E-state index >= 15 is 0 Å². The van der Waals surface area contributed by atoms with Gasteiger partial charge < -0.3 is 15.9 Å². The number of hydrogen-bond donors (Lipinski definition) is 2. The average Bonchev–Trinajstić information content (AvgIpc) is 2.54. The lowest BCUT2D eigenvalue weighted by Gasteiger charge is -2.10. The molecule has 0 spiro atoms. The number of benzene rings is 2. The highest BCUT2D eigenvalue weighted by atomic mass is 17.2. The summed E-state index contributed by atoms with van der Waals surface area (Å²) in [5.41, 5.74) is 7.27. The van der Waals surface area contributed by atoms with Crippen molar-refractivity contribution in [2.45, 2.75) is 26.1 Å². The van der Waals surface area contributed by atoms with E-state index in [2.05, 4.69) is 5.32 Å². The van der Waals surface area contributed by atoms with Crippen molar-refractivity contribution in [1.29, 1.82) is 0 Å². The predicted octanol–water partition coefficient (Wildman–Crippen LogP) is 2.16. The fourth-order valence-electron chi connectivity index (χ4n) is 1.77. The minimum Gasteiger partial charge on any atom is -0.368 e. The van der Waals surface area contributed by atoms with Gasteiger partial charge in [0.05, 0.1) is 6.04 Å². The molecule has 5 nitrogen and oxygen atoms in total. The third-order valence-corrected chi connectivity index (χ3v) is 3.19. The SMILES string of the molecule is CC(NCc1ccc(COOc2ccccc2)cc1)C(N)=O. The van der Waals surface area contributed by atoms with E-state index in [0.717, 1.165) is 11.1 Å². The third kappa shape index (κ3) is 5.20. The summed E-state index contributed by atoms with van der Waals surface area (Å²) in [4.78, 5) is 21.3. The van der Waals surface area contributed by atoms with Crippen molar-refractivity contribution in [3.63, 3.8) is 0 Å². The number of para-hydroxylation sites is 1. The van der Waals surface area contributed by atoms with Gasteiger partial charge in [-0.1, -0.05) is 42.5 Å². The molecule has 2 rings (SSSR count). The Morgan fingerprint density at radius 3 is 2.36 bits per heavy atom. The molecular formula is C17H20N2O3. The quantitative estimate of drug-likeness (QED) is 0.579. The molecule has 1 amide bonds. The molecule has 0 aliphatic heterocycles. The second kappa shape index (κ2) is 8.17. The second-order valence-corrected chi connectivity index (χ2v) is 4.98. The van der Waals surface area contributed by atoms with Crippen molar-refractivity contribution in [2.75, 3.05) is 0 Å². The molecule has 116 valence electrons. The smallest absolute Gasteiger partial charge is 0.234 e. The third-order valence-electron chi connectivity index (χ3n) is 3.19. The van der Waals surface area contributed by atoms with Gasteiger partial charge in [0.25, 0.3) is 0 Å². The Kier molecular flexibility index (Phi) is 5.94. The maximum absolute atomic E-state index is 10.9. The lowest BCUT2D eigenvalue weighted by molar-refractivity contribution is -0.217. The number of carbonyl (C=O) groups is 1. The van der Waals surface area contributed by atoms with Crippen molar-refractivity contribution in [3.05, 3.63) is 65.7 Å². The standard InChI is InChI=1S/C17H20N2O3/c1-13(17(18)20)19-11-14-7-9-15(10-8-14)12-21-22-16-5-3-2-4-6-16/h2-10,13,19H,11-12H2,1H3,(H2,18,20). The highest BCUT2D eigenvalue weighted by Gasteiger charge is 2.06. The summed E-state index contributed by atoms with van der Waals surface area (Å²) in [6, 6.07) is 16.9. The first-order chi connectivity index (χ1) is 10.6. The molecule has 1 unspecified atom stereocenters. The molecule has 0 aliphatic carbocycles. The number of carbonyl (C=O) groups excluding carboxylic acids is 1. The lowest BCUT2D eigenvalue weighted by atomic mass is 10.1. The molecule has 22 heavy (non-hydrogen) atoms. The van der Waals surface area contributed by atoms with E-state index in [4.69, 9.17) is 15.5 Å². The zero-order valence-corrected chi connectivity index (χ0v) is 12.5. The number of nitrogens with one attached hydrogen (secondary N) is 1. The Morgan fingerprint density at radius 2 is 1.73 bits per heavy atom. The van der Waals surface area contributed by atoms with E-state index in [-0.39, 0.29) is 11.9 Å². The van der Waals surface area contributed by atoms with Crippen LogP contribution in [0.4, 0.5) is 0 Å². The van der Waals surface area contributed by atoms with Gasteiger partial charge in [-0.2, -0.15) is 4.89 Å². The molecule has 0 saturated carbocycles. The van der Waals surface area contributed by atoms with Crippen molar-refractivity contribution < 1.29 is 14.6 Å². The molecule has 0 bridgehead atoms. The molecule has 0 radical (unpaired) electrons. The molecule has 0 aliphatic rings. The summed E-state index contributed by atoms with van der Waals surface area (Å²) < 4.78 is 0. The number of rotatable bonds is 8. The van der Waals surface area contributed by atoms with Gasteiger partial charge in [-0.25, -0.2) is 0 Å². The van der Waals surface area contributed by atoms with E-state index < -0.39 is 0 Å². The van der Waals surface area contributed by atoms with Crippen LogP contribution in [0.3, 0.4) is 0 Å². The average molecular weight is 300 g/mol. The van der Waals surface area contributed by atoms with Gasteiger partial charge in [0.1, 0.15) is 6.61 Å². The second-order valence-electron chi connectivity index (χ2n) is 4.98. The molecule has 0 heterocycles. The van der Waals surface area contributed by atoms with Gasteiger partial charge in [0.15, 0.2) is 5.75 Å². The van der Waals surface area contributed by atoms with Gasteiger partial charge in [-0.3, -0.25) is 4.79 Å². The zero-order chi connectivity index (χ0) is 15.8. The van der Waals surface area contributed by atoms with Crippen molar-refractivity contribution in [3.8, 4) is 5.75 Å². The Hall–Kier alpha value is -2.37. The number of hydrogen-bond acceptors (Lipinski definition) is 4. The van der Waals surface area contributed by atoms with Crippen LogP contribution in [-0.2, 0) is 22.8 Å². The van der Waals surface area contributed by atoms with E-state index in [1.807, 2.05) is 54.6 Å². The van der Waals surface area contributed by atoms with Crippen LogP contribution < -0.4 is 15.9 Å². The maximum Gasteiger partial charge on any atom is 0.234 e. The Morgan fingerprint density at radius 1 is 1.09 bits per heavy atom. The largest absolute Gasteiger partial charge is 0.368 e. The molecule has 1 atom stereocenters. The number of nitrogens with two attached hydrogens (primary N) is 1. The van der Waals surface area contributed by atoms with Crippen LogP contribution in [0, 0.1) is 0 Å². The molecule has 2 aromatic rings. The molecule has 3 N–H and O–H groups in total. The van der Waals surface area contributed by atoms with Gasteiger partial charge in [-0.15, -0.1) is 0 Å². The molecule has 0 saturated heterocycles. The summed E-state index contributed by atoms with van der Waals surface area (Å²) in [5.74, 6) is 0.312. The first kappa shape index (κ1) is 16.0. The molecule has 2 aromatic carbocycles. The minimum atomic E-state index is -0.358. The summed E-state index contributed by atoms with van der Waals surface area (Å²) in [6.45, 7) is 2.69.